The highest BCUT2D eigenvalue weighted by Gasteiger charge is 2.20. The van der Waals surface area contributed by atoms with Gasteiger partial charge in [0, 0.05) is 38.8 Å². The summed E-state index contributed by atoms with van der Waals surface area (Å²) < 4.78 is 0. The molecule has 1 aliphatic rings. The van der Waals surface area contributed by atoms with Gasteiger partial charge in [-0.05, 0) is 32.4 Å². The van der Waals surface area contributed by atoms with Crippen molar-refractivity contribution in [2.24, 2.45) is 0 Å². The molecule has 2 aromatic rings. The van der Waals surface area contributed by atoms with Crippen molar-refractivity contribution in [3.8, 4) is 0 Å². The summed E-state index contributed by atoms with van der Waals surface area (Å²) in [4.78, 5) is 25.9. The molecule has 0 aliphatic carbocycles. The monoisotopic (exact) mass is 350 g/mol. The molecule has 0 unspecified atom stereocenters. The third-order valence-electron chi connectivity index (χ3n) is 4.85. The molecule has 0 radical (unpaired) electrons. The van der Waals surface area contributed by atoms with E-state index in [1.54, 1.807) is 6.08 Å². The molecule has 0 bridgehead atoms. The van der Waals surface area contributed by atoms with Crippen LogP contribution in [0.2, 0.25) is 0 Å². The number of aromatic nitrogens is 2. The van der Waals surface area contributed by atoms with Crippen LogP contribution in [-0.4, -0.2) is 51.9 Å². The molecule has 3 rings (SSSR count). The minimum absolute atomic E-state index is 0.0793. The summed E-state index contributed by atoms with van der Waals surface area (Å²) in [6, 6.07) is 9.91. The van der Waals surface area contributed by atoms with E-state index in [0.717, 1.165) is 61.1 Å². The third kappa shape index (κ3) is 4.55. The Morgan fingerprint density at radius 3 is 2.31 bits per heavy atom. The van der Waals surface area contributed by atoms with Crippen molar-refractivity contribution < 1.29 is 4.79 Å². The molecule has 5 nitrogen and oxygen atoms in total. The Balaban J connectivity index is 1.53. The maximum atomic E-state index is 12.4. The van der Waals surface area contributed by atoms with Gasteiger partial charge in [-0.1, -0.05) is 30.3 Å². The summed E-state index contributed by atoms with van der Waals surface area (Å²) in [7, 11) is 0. The first-order valence-corrected chi connectivity index (χ1v) is 9.08. The van der Waals surface area contributed by atoms with Gasteiger partial charge >= 0.3 is 0 Å². The van der Waals surface area contributed by atoms with Crippen LogP contribution in [0.5, 0.6) is 0 Å². The molecule has 1 amide bonds. The van der Waals surface area contributed by atoms with E-state index in [9.17, 15) is 4.79 Å². The van der Waals surface area contributed by atoms with Crippen LogP contribution >= 0.6 is 0 Å². The number of benzene rings is 1. The molecule has 1 aromatic carbocycles. The minimum atomic E-state index is 0.0793. The molecule has 1 fully saturated rings. The van der Waals surface area contributed by atoms with Gasteiger partial charge in [0.15, 0.2) is 0 Å². The van der Waals surface area contributed by atoms with Crippen LogP contribution in [0.1, 0.15) is 28.3 Å². The van der Waals surface area contributed by atoms with Gasteiger partial charge in [0.05, 0.1) is 22.8 Å². The van der Waals surface area contributed by atoms with Crippen LogP contribution in [0.3, 0.4) is 0 Å². The lowest BCUT2D eigenvalue weighted by molar-refractivity contribution is -0.127. The second-order valence-electron chi connectivity index (χ2n) is 6.77. The van der Waals surface area contributed by atoms with E-state index in [0.29, 0.717) is 0 Å². The number of amides is 1. The van der Waals surface area contributed by atoms with Crippen molar-refractivity contribution in [2.45, 2.75) is 27.3 Å². The third-order valence-corrected chi connectivity index (χ3v) is 4.85. The highest BCUT2D eigenvalue weighted by Crippen LogP contribution is 2.12. The highest BCUT2D eigenvalue weighted by molar-refractivity contribution is 5.91. The maximum Gasteiger partial charge on any atom is 0.246 e. The maximum absolute atomic E-state index is 12.4. The van der Waals surface area contributed by atoms with Crippen molar-refractivity contribution in [3.05, 3.63) is 64.7 Å². The molecule has 0 N–H and O–H groups in total. The summed E-state index contributed by atoms with van der Waals surface area (Å²) in [5.74, 6) is 0.0793. The summed E-state index contributed by atoms with van der Waals surface area (Å²) >= 11 is 0. The summed E-state index contributed by atoms with van der Waals surface area (Å²) in [5, 5.41) is 0. The van der Waals surface area contributed by atoms with Crippen LogP contribution in [0.15, 0.2) is 36.4 Å². The quantitative estimate of drug-likeness (QED) is 0.796. The molecule has 1 aliphatic heterocycles. The number of aryl methyl sites for hydroxylation is 3. The first-order valence-electron chi connectivity index (χ1n) is 9.08. The molecule has 1 saturated heterocycles. The lowest BCUT2D eigenvalue weighted by atomic mass is 10.2. The van der Waals surface area contributed by atoms with Gasteiger partial charge in [0.25, 0.3) is 0 Å². The summed E-state index contributed by atoms with van der Waals surface area (Å²) in [5.41, 5.74) is 5.06. The van der Waals surface area contributed by atoms with Gasteiger partial charge < -0.3 is 4.90 Å². The fourth-order valence-electron chi connectivity index (χ4n) is 3.09. The predicted octanol–water partition coefficient (Wildman–Crippen LogP) is 2.76. The van der Waals surface area contributed by atoms with Crippen LogP contribution < -0.4 is 0 Å². The van der Waals surface area contributed by atoms with Gasteiger partial charge in [-0.25, -0.2) is 0 Å². The SMILES string of the molecule is Cc1nc(C)c(CN2CCN(C(=O)/C=C/c3ccccc3)CC2)nc1C. The number of hydrogen-bond donors (Lipinski definition) is 0. The van der Waals surface area contributed by atoms with Crippen LogP contribution in [0.25, 0.3) is 6.08 Å². The smallest absolute Gasteiger partial charge is 0.246 e. The molecule has 0 saturated carbocycles. The molecule has 0 spiro atoms. The predicted molar refractivity (Wildman–Crippen MR) is 104 cm³/mol. The number of carbonyl (C=O) groups excluding carboxylic acids is 1. The van der Waals surface area contributed by atoms with Gasteiger partial charge in [0.1, 0.15) is 0 Å². The van der Waals surface area contributed by atoms with Gasteiger partial charge in [-0.3, -0.25) is 19.7 Å². The van der Waals surface area contributed by atoms with Crippen molar-refractivity contribution in [1.29, 1.82) is 0 Å². The van der Waals surface area contributed by atoms with Gasteiger partial charge in [0.2, 0.25) is 5.91 Å². The van der Waals surface area contributed by atoms with E-state index in [-0.39, 0.29) is 5.91 Å². The van der Waals surface area contributed by atoms with E-state index >= 15 is 0 Å². The van der Waals surface area contributed by atoms with E-state index in [2.05, 4.69) is 14.9 Å². The van der Waals surface area contributed by atoms with E-state index in [1.165, 1.54) is 0 Å². The number of hydrogen-bond acceptors (Lipinski definition) is 4. The Bertz CT molecular complexity index is 793. The fraction of sp³-hybridized carbons (Fsp3) is 0.381. The molecule has 26 heavy (non-hydrogen) atoms. The number of carbonyl (C=O) groups is 1. The largest absolute Gasteiger partial charge is 0.337 e. The molecule has 136 valence electrons. The van der Waals surface area contributed by atoms with Crippen LogP contribution in [0, 0.1) is 20.8 Å². The van der Waals surface area contributed by atoms with E-state index in [1.807, 2.05) is 62.1 Å². The number of piperazine rings is 1. The van der Waals surface area contributed by atoms with Crippen molar-refractivity contribution in [2.75, 3.05) is 26.2 Å². The average Bonchev–Trinajstić information content (AvgIpc) is 2.65. The zero-order chi connectivity index (χ0) is 18.5. The second-order valence-corrected chi connectivity index (χ2v) is 6.77. The number of rotatable bonds is 4. The lowest BCUT2D eigenvalue weighted by Crippen LogP contribution is -2.48. The molecule has 5 heteroatoms. The van der Waals surface area contributed by atoms with Gasteiger partial charge in [-0.2, -0.15) is 0 Å². The fourth-order valence-corrected chi connectivity index (χ4v) is 3.09. The molecular weight excluding hydrogens is 324 g/mol. The number of nitrogens with zero attached hydrogens (tertiary/aromatic N) is 4. The van der Waals surface area contributed by atoms with Gasteiger partial charge in [-0.15, -0.1) is 0 Å². The first kappa shape index (κ1) is 18.3. The van der Waals surface area contributed by atoms with E-state index in [4.69, 9.17) is 0 Å². The summed E-state index contributed by atoms with van der Waals surface area (Å²) in [6.45, 7) is 10.0. The summed E-state index contributed by atoms with van der Waals surface area (Å²) in [6.07, 6.45) is 3.55. The van der Waals surface area contributed by atoms with E-state index < -0.39 is 0 Å². The van der Waals surface area contributed by atoms with Crippen LogP contribution in [0.4, 0.5) is 0 Å². The molecule has 0 atom stereocenters. The minimum Gasteiger partial charge on any atom is -0.337 e. The standard InChI is InChI=1S/C21H26N4O/c1-16-17(2)23-20(18(3)22-16)15-24-11-13-25(14-12-24)21(26)10-9-19-7-5-4-6-8-19/h4-10H,11-15H2,1-3H3/b10-9+. The van der Waals surface area contributed by atoms with Crippen molar-refractivity contribution in [3.63, 3.8) is 0 Å². The molecule has 2 heterocycles. The lowest BCUT2D eigenvalue weighted by Gasteiger charge is -2.34. The average molecular weight is 350 g/mol. The molecule has 1 aromatic heterocycles. The second kappa shape index (κ2) is 8.23. The van der Waals surface area contributed by atoms with Crippen molar-refractivity contribution in [1.82, 2.24) is 19.8 Å². The zero-order valence-electron chi connectivity index (χ0n) is 15.8. The Kier molecular flexibility index (Phi) is 5.78. The Hall–Kier alpha value is -2.53. The Morgan fingerprint density at radius 1 is 0.962 bits per heavy atom. The van der Waals surface area contributed by atoms with Crippen LogP contribution in [-0.2, 0) is 11.3 Å². The topological polar surface area (TPSA) is 49.3 Å². The van der Waals surface area contributed by atoms with Crippen molar-refractivity contribution >= 4 is 12.0 Å². The Morgan fingerprint density at radius 2 is 1.62 bits per heavy atom. The normalized spacial score (nSPS) is 15.6. The molecular formula is C21H26N4O. The first-order chi connectivity index (χ1) is 12.5. The highest BCUT2D eigenvalue weighted by atomic mass is 16.2. The zero-order valence-corrected chi connectivity index (χ0v) is 15.8. The Labute approximate surface area is 155 Å².